The fraction of sp³-hybridized carbons (Fsp3) is 0.667. The van der Waals surface area contributed by atoms with Crippen molar-refractivity contribution in [1.29, 1.82) is 0 Å². The predicted octanol–water partition coefficient (Wildman–Crippen LogP) is 1.44. The van der Waals surface area contributed by atoms with Crippen molar-refractivity contribution >= 4 is 17.2 Å². The Morgan fingerprint density at radius 3 is 2.83 bits per heavy atom. The van der Waals surface area contributed by atoms with E-state index in [1.807, 2.05) is 20.8 Å². The second kappa shape index (κ2) is 6.26. The number of nitrogens with zero attached hydrogens (tertiary/aromatic N) is 1. The molecule has 1 aromatic heterocycles. The second-order valence-corrected chi connectivity index (χ2v) is 5.59. The molecule has 1 amide bonds. The molecule has 2 atom stereocenters. The molecule has 0 aliphatic carbocycles. The summed E-state index contributed by atoms with van der Waals surface area (Å²) in [6.45, 7) is 5.78. The van der Waals surface area contributed by atoms with Gasteiger partial charge in [-0.1, -0.05) is 6.92 Å². The van der Waals surface area contributed by atoms with Gasteiger partial charge in [-0.25, -0.2) is 4.98 Å². The van der Waals surface area contributed by atoms with Gasteiger partial charge >= 0.3 is 0 Å². The fourth-order valence-electron chi connectivity index (χ4n) is 1.51. The molecule has 102 valence electrons. The minimum absolute atomic E-state index is 0.0484. The van der Waals surface area contributed by atoms with Gasteiger partial charge in [-0.3, -0.25) is 4.79 Å². The van der Waals surface area contributed by atoms with Crippen molar-refractivity contribution in [2.24, 2.45) is 5.73 Å². The Labute approximate surface area is 111 Å². The molecule has 0 bridgehead atoms. The van der Waals surface area contributed by atoms with Gasteiger partial charge < -0.3 is 16.2 Å². The average molecular weight is 271 g/mol. The number of nitrogens with one attached hydrogen (secondary N) is 1. The Morgan fingerprint density at radius 2 is 2.39 bits per heavy atom. The maximum absolute atomic E-state index is 12.0. The van der Waals surface area contributed by atoms with Crippen LogP contribution in [0, 0.1) is 0 Å². The molecule has 0 aliphatic heterocycles. The van der Waals surface area contributed by atoms with Crippen LogP contribution < -0.4 is 11.1 Å². The van der Waals surface area contributed by atoms with Gasteiger partial charge in [0.05, 0.1) is 6.04 Å². The van der Waals surface area contributed by atoms with Gasteiger partial charge in [-0.2, -0.15) is 0 Å². The lowest BCUT2D eigenvalue weighted by Crippen LogP contribution is -2.46. The van der Waals surface area contributed by atoms with E-state index in [0.717, 1.165) is 11.4 Å². The minimum atomic E-state index is -0.399. The summed E-state index contributed by atoms with van der Waals surface area (Å²) < 4.78 is 0. The first kappa shape index (κ1) is 15.1. The quantitative estimate of drug-likeness (QED) is 0.730. The zero-order valence-electron chi connectivity index (χ0n) is 11.1. The van der Waals surface area contributed by atoms with E-state index >= 15 is 0 Å². The van der Waals surface area contributed by atoms with E-state index in [0.29, 0.717) is 12.1 Å². The Balaban J connectivity index is 2.74. The fourth-order valence-corrected chi connectivity index (χ4v) is 2.27. The van der Waals surface area contributed by atoms with E-state index in [4.69, 9.17) is 10.8 Å². The highest BCUT2D eigenvalue weighted by molar-refractivity contribution is 7.09. The van der Waals surface area contributed by atoms with Gasteiger partial charge in [0.2, 0.25) is 0 Å². The number of rotatable bonds is 6. The smallest absolute Gasteiger partial charge is 0.271 e. The third kappa shape index (κ3) is 3.76. The van der Waals surface area contributed by atoms with E-state index in [2.05, 4.69) is 10.3 Å². The zero-order valence-corrected chi connectivity index (χ0v) is 11.9. The van der Waals surface area contributed by atoms with Crippen LogP contribution in [0.3, 0.4) is 0 Å². The molecule has 0 fully saturated rings. The Kier molecular flexibility index (Phi) is 5.25. The highest BCUT2D eigenvalue weighted by Crippen LogP contribution is 2.18. The number of nitrogens with two attached hydrogens (primary N) is 1. The normalized spacial score (nSPS) is 16.1. The molecular weight excluding hydrogens is 250 g/mol. The lowest BCUT2D eigenvalue weighted by molar-refractivity contribution is 0.0881. The molecule has 2 unspecified atom stereocenters. The number of thiazole rings is 1. The molecular formula is C12H21N3O2S. The Hall–Kier alpha value is -0.980. The number of carbonyl (C=O) groups is 1. The second-order valence-electron chi connectivity index (χ2n) is 4.70. The van der Waals surface area contributed by atoms with E-state index < -0.39 is 5.54 Å². The summed E-state index contributed by atoms with van der Waals surface area (Å²) in [6, 6.07) is -0.161. The van der Waals surface area contributed by atoms with Gasteiger partial charge in [0.25, 0.3) is 5.91 Å². The van der Waals surface area contributed by atoms with Crippen molar-refractivity contribution in [1.82, 2.24) is 10.3 Å². The molecule has 6 heteroatoms. The third-order valence-electron chi connectivity index (χ3n) is 3.00. The molecule has 1 aromatic rings. The summed E-state index contributed by atoms with van der Waals surface area (Å²) >= 11 is 1.39. The monoisotopic (exact) mass is 271 g/mol. The van der Waals surface area contributed by atoms with Crippen LogP contribution in [0.25, 0.3) is 0 Å². The van der Waals surface area contributed by atoms with E-state index in [9.17, 15) is 4.79 Å². The highest BCUT2D eigenvalue weighted by atomic mass is 32.1. The maximum atomic E-state index is 12.0. The number of aliphatic hydroxyl groups excluding tert-OH is 1. The molecule has 1 rings (SSSR count). The highest BCUT2D eigenvalue weighted by Gasteiger charge is 2.25. The van der Waals surface area contributed by atoms with Crippen LogP contribution in [0.15, 0.2) is 5.38 Å². The molecule has 0 radical (unpaired) electrons. The van der Waals surface area contributed by atoms with Crippen molar-refractivity contribution in [2.45, 2.75) is 45.2 Å². The first-order chi connectivity index (χ1) is 8.41. The van der Waals surface area contributed by atoms with Crippen LogP contribution in [-0.2, 0) is 0 Å². The number of hydrogen-bond donors (Lipinski definition) is 3. The van der Waals surface area contributed by atoms with Crippen molar-refractivity contribution in [2.75, 3.05) is 6.61 Å². The van der Waals surface area contributed by atoms with Crippen LogP contribution >= 0.6 is 11.3 Å². The van der Waals surface area contributed by atoms with Crippen molar-refractivity contribution in [3.8, 4) is 0 Å². The molecule has 0 spiro atoms. The largest absolute Gasteiger partial charge is 0.396 e. The standard InChI is InChI=1S/C12H21N3O2S/c1-4-12(3,5-6-16)15-10(17)9-7-18-11(14-9)8(2)13/h7-8,16H,4-6,13H2,1-3H3,(H,15,17). The molecule has 18 heavy (non-hydrogen) atoms. The van der Waals surface area contributed by atoms with Crippen LogP contribution in [-0.4, -0.2) is 28.1 Å². The molecule has 0 aliphatic rings. The summed E-state index contributed by atoms with van der Waals surface area (Å²) in [6.07, 6.45) is 1.28. The van der Waals surface area contributed by atoms with Crippen molar-refractivity contribution in [3.63, 3.8) is 0 Å². The SMILES string of the molecule is CCC(C)(CCO)NC(=O)c1csc(C(C)N)n1. The summed E-state index contributed by atoms with van der Waals surface area (Å²) in [5.41, 5.74) is 5.71. The van der Waals surface area contributed by atoms with Gasteiger partial charge in [0, 0.05) is 17.5 Å². The molecule has 0 saturated heterocycles. The van der Waals surface area contributed by atoms with Gasteiger partial charge in [0.1, 0.15) is 10.7 Å². The van der Waals surface area contributed by atoms with Crippen molar-refractivity contribution in [3.05, 3.63) is 16.1 Å². The van der Waals surface area contributed by atoms with Crippen LogP contribution in [0.5, 0.6) is 0 Å². The summed E-state index contributed by atoms with van der Waals surface area (Å²) in [7, 11) is 0. The summed E-state index contributed by atoms with van der Waals surface area (Å²) in [5.74, 6) is -0.212. The van der Waals surface area contributed by atoms with E-state index in [1.54, 1.807) is 5.38 Å². The first-order valence-electron chi connectivity index (χ1n) is 6.06. The number of aliphatic hydroxyl groups is 1. The number of amides is 1. The lowest BCUT2D eigenvalue weighted by Gasteiger charge is -2.28. The average Bonchev–Trinajstić information content (AvgIpc) is 2.78. The molecule has 0 aromatic carbocycles. The predicted molar refractivity (Wildman–Crippen MR) is 72.6 cm³/mol. The Bertz CT molecular complexity index is 406. The topological polar surface area (TPSA) is 88.2 Å². The molecule has 0 saturated carbocycles. The van der Waals surface area contributed by atoms with Crippen molar-refractivity contribution < 1.29 is 9.90 Å². The van der Waals surface area contributed by atoms with E-state index in [1.165, 1.54) is 11.3 Å². The Morgan fingerprint density at radius 1 is 1.72 bits per heavy atom. The van der Waals surface area contributed by atoms with Gasteiger partial charge in [-0.15, -0.1) is 11.3 Å². The molecule has 1 heterocycles. The van der Waals surface area contributed by atoms with Crippen LogP contribution in [0.2, 0.25) is 0 Å². The van der Waals surface area contributed by atoms with Crippen LogP contribution in [0.4, 0.5) is 0 Å². The summed E-state index contributed by atoms with van der Waals surface area (Å²) in [5, 5.41) is 14.4. The van der Waals surface area contributed by atoms with Gasteiger partial charge in [0.15, 0.2) is 0 Å². The lowest BCUT2D eigenvalue weighted by atomic mass is 9.95. The van der Waals surface area contributed by atoms with Gasteiger partial charge in [-0.05, 0) is 26.7 Å². The minimum Gasteiger partial charge on any atom is -0.396 e. The number of carbonyl (C=O) groups excluding carboxylic acids is 1. The van der Waals surface area contributed by atoms with Crippen LogP contribution in [0.1, 0.15) is 55.2 Å². The van der Waals surface area contributed by atoms with E-state index in [-0.39, 0.29) is 18.6 Å². The maximum Gasteiger partial charge on any atom is 0.271 e. The third-order valence-corrected chi connectivity index (χ3v) is 4.05. The molecule has 4 N–H and O–H groups in total. The first-order valence-corrected chi connectivity index (χ1v) is 6.94. The molecule has 5 nitrogen and oxygen atoms in total. The zero-order chi connectivity index (χ0) is 13.8. The summed E-state index contributed by atoms with van der Waals surface area (Å²) in [4.78, 5) is 16.2. The number of hydrogen-bond acceptors (Lipinski definition) is 5. The number of aromatic nitrogens is 1.